The molecule has 1 aromatic carbocycles. The molecule has 1 spiro atoms. The van der Waals surface area contributed by atoms with Crippen molar-refractivity contribution < 1.29 is 18.4 Å². The Morgan fingerprint density at radius 1 is 1.14 bits per heavy atom. The summed E-state index contributed by atoms with van der Waals surface area (Å²) >= 11 is 0. The largest absolute Gasteiger partial charge is 0.336 e. The molecule has 0 aromatic heterocycles. The number of carbonyl (C=O) groups excluding carboxylic acids is 2. The standard InChI is InChI=1S/C26H35F2N5O2/c1-2-12-32-18-24(19-32)10-13-33(14-11-24)23(35)30-21(22(34)31-25(17-29)8-9-25)16-26(27,28)15-20-6-4-3-5-7-20/h3-7,21H,2,8-16,18-19H2,1H3,(H,30,35)(H,31,34). The Balaban J connectivity index is 1.37. The first-order chi connectivity index (χ1) is 16.7. The predicted octanol–water partition coefficient (Wildman–Crippen LogP) is 3.31. The van der Waals surface area contributed by atoms with Crippen LogP contribution in [0.25, 0.3) is 0 Å². The average Bonchev–Trinajstić information content (AvgIpc) is 3.58. The first kappa shape index (κ1) is 25.4. The summed E-state index contributed by atoms with van der Waals surface area (Å²) < 4.78 is 30.0. The number of hydrogen-bond donors (Lipinski definition) is 2. The smallest absolute Gasteiger partial charge is 0.318 e. The van der Waals surface area contributed by atoms with E-state index in [-0.39, 0.29) is 5.41 Å². The highest BCUT2D eigenvalue weighted by molar-refractivity contribution is 5.88. The number of nitrogens with zero attached hydrogens (tertiary/aromatic N) is 3. The van der Waals surface area contributed by atoms with Crippen molar-refractivity contribution in [2.45, 2.75) is 69.4 Å². The summed E-state index contributed by atoms with van der Waals surface area (Å²) in [7, 11) is 0. The van der Waals surface area contributed by atoms with Gasteiger partial charge in [0.25, 0.3) is 5.92 Å². The normalized spacial score (nSPS) is 21.5. The number of hydrogen-bond acceptors (Lipinski definition) is 4. The number of carbonyl (C=O) groups is 2. The molecule has 2 aliphatic heterocycles. The molecule has 3 amide bonds. The van der Waals surface area contributed by atoms with Gasteiger partial charge in [-0.15, -0.1) is 0 Å². The highest BCUT2D eigenvalue weighted by Gasteiger charge is 2.48. The highest BCUT2D eigenvalue weighted by Crippen LogP contribution is 2.40. The third-order valence-electron chi connectivity index (χ3n) is 7.52. The van der Waals surface area contributed by atoms with Gasteiger partial charge >= 0.3 is 6.03 Å². The lowest BCUT2D eigenvalue weighted by atomic mass is 9.72. The van der Waals surface area contributed by atoms with Gasteiger partial charge in [0.05, 0.1) is 6.07 Å². The lowest BCUT2D eigenvalue weighted by Crippen LogP contribution is -2.62. The second-order valence-corrected chi connectivity index (χ2v) is 10.6. The van der Waals surface area contributed by atoms with Crippen molar-refractivity contribution in [3.8, 4) is 6.07 Å². The van der Waals surface area contributed by atoms with Gasteiger partial charge in [0.1, 0.15) is 11.6 Å². The topological polar surface area (TPSA) is 88.5 Å². The first-order valence-corrected chi connectivity index (χ1v) is 12.6. The lowest BCUT2D eigenvalue weighted by Gasteiger charge is -2.54. The van der Waals surface area contributed by atoms with Gasteiger partial charge in [-0.1, -0.05) is 37.3 Å². The number of alkyl halides is 2. The molecule has 2 heterocycles. The van der Waals surface area contributed by atoms with Crippen LogP contribution in [0.15, 0.2) is 30.3 Å². The number of rotatable bonds is 9. The molecule has 1 atom stereocenters. The van der Waals surface area contributed by atoms with Crippen LogP contribution < -0.4 is 10.6 Å². The van der Waals surface area contributed by atoms with Crippen molar-refractivity contribution in [2.24, 2.45) is 5.41 Å². The zero-order chi connectivity index (χ0) is 25.1. The average molecular weight is 488 g/mol. The zero-order valence-corrected chi connectivity index (χ0v) is 20.4. The minimum absolute atomic E-state index is 0.247. The summed E-state index contributed by atoms with van der Waals surface area (Å²) in [6, 6.07) is 8.48. The Morgan fingerprint density at radius 2 is 1.80 bits per heavy atom. The van der Waals surface area contributed by atoms with E-state index < -0.39 is 42.3 Å². The van der Waals surface area contributed by atoms with Crippen molar-refractivity contribution >= 4 is 11.9 Å². The van der Waals surface area contributed by atoms with Crippen LogP contribution >= 0.6 is 0 Å². The Hall–Kier alpha value is -2.73. The van der Waals surface area contributed by atoms with Crippen molar-refractivity contribution in [3.05, 3.63) is 35.9 Å². The van der Waals surface area contributed by atoms with E-state index in [0.717, 1.165) is 38.9 Å². The molecule has 0 bridgehead atoms. The van der Waals surface area contributed by atoms with E-state index >= 15 is 0 Å². The molecular formula is C26H35F2N5O2. The third-order valence-corrected chi connectivity index (χ3v) is 7.52. The summed E-state index contributed by atoms with van der Waals surface area (Å²) in [6.45, 7) is 6.43. The van der Waals surface area contributed by atoms with Crippen LogP contribution in [0.1, 0.15) is 51.0 Å². The van der Waals surface area contributed by atoms with Crippen LogP contribution in [0.2, 0.25) is 0 Å². The Bertz CT molecular complexity index is 944. The number of piperidine rings is 1. The lowest BCUT2D eigenvalue weighted by molar-refractivity contribution is -0.126. The van der Waals surface area contributed by atoms with Crippen LogP contribution in [0, 0.1) is 16.7 Å². The van der Waals surface area contributed by atoms with E-state index in [1.807, 2.05) is 6.07 Å². The molecule has 9 heteroatoms. The summed E-state index contributed by atoms with van der Waals surface area (Å²) in [6.07, 6.45) is 2.48. The van der Waals surface area contributed by atoms with E-state index in [2.05, 4.69) is 22.5 Å². The van der Waals surface area contributed by atoms with E-state index in [1.54, 1.807) is 35.2 Å². The SMILES string of the molecule is CCCN1CC2(CCN(C(=O)NC(CC(F)(F)Cc3ccccc3)C(=O)NC3(C#N)CC3)CC2)C1. The van der Waals surface area contributed by atoms with E-state index in [1.165, 1.54) is 0 Å². The molecule has 1 aliphatic carbocycles. The van der Waals surface area contributed by atoms with Crippen LogP contribution in [0.3, 0.4) is 0 Å². The van der Waals surface area contributed by atoms with E-state index in [9.17, 15) is 23.6 Å². The Morgan fingerprint density at radius 3 is 2.37 bits per heavy atom. The highest BCUT2D eigenvalue weighted by atomic mass is 19.3. The second-order valence-electron chi connectivity index (χ2n) is 10.6. The van der Waals surface area contributed by atoms with Gasteiger partial charge in [-0.3, -0.25) is 4.79 Å². The van der Waals surface area contributed by atoms with Gasteiger partial charge in [0.2, 0.25) is 5.91 Å². The minimum atomic E-state index is -3.21. The fraction of sp³-hybridized carbons (Fsp3) is 0.654. The quantitative estimate of drug-likeness (QED) is 0.559. The van der Waals surface area contributed by atoms with E-state index in [4.69, 9.17) is 0 Å². The molecule has 1 saturated carbocycles. The molecule has 190 valence electrons. The van der Waals surface area contributed by atoms with Crippen LogP contribution in [0.5, 0.6) is 0 Å². The minimum Gasteiger partial charge on any atom is -0.336 e. The van der Waals surface area contributed by atoms with Gasteiger partial charge in [0, 0.05) is 39.0 Å². The van der Waals surface area contributed by atoms with E-state index in [0.29, 0.717) is 31.5 Å². The first-order valence-electron chi connectivity index (χ1n) is 12.6. The monoisotopic (exact) mass is 487 g/mol. The fourth-order valence-electron chi connectivity index (χ4n) is 5.30. The molecular weight excluding hydrogens is 452 g/mol. The Labute approximate surface area is 205 Å². The molecule has 1 unspecified atom stereocenters. The predicted molar refractivity (Wildman–Crippen MR) is 128 cm³/mol. The number of urea groups is 1. The number of halogens is 2. The third kappa shape index (κ3) is 6.29. The van der Waals surface area contributed by atoms with Gasteiger partial charge in [-0.25, -0.2) is 13.6 Å². The van der Waals surface area contributed by atoms with Crippen LogP contribution in [-0.2, 0) is 11.2 Å². The molecule has 0 radical (unpaired) electrons. The van der Waals surface area contributed by atoms with Gasteiger partial charge in [-0.05, 0) is 49.6 Å². The van der Waals surface area contributed by atoms with Crippen LogP contribution in [0.4, 0.5) is 13.6 Å². The van der Waals surface area contributed by atoms with Crippen molar-refractivity contribution in [1.82, 2.24) is 20.4 Å². The molecule has 35 heavy (non-hydrogen) atoms. The summed E-state index contributed by atoms with van der Waals surface area (Å²) in [5, 5.41) is 14.5. The molecule has 1 aromatic rings. The molecule has 3 aliphatic rings. The van der Waals surface area contributed by atoms with Gasteiger partial charge in [-0.2, -0.15) is 5.26 Å². The Kier molecular flexibility index (Phi) is 7.32. The summed E-state index contributed by atoms with van der Waals surface area (Å²) in [4.78, 5) is 30.0. The maximum Gasteiger partial charge on any atom is 0.318 e. The maximum atomic E-state index is 15.0. The van der Waals surface area contributed by atoms with Crippen LogP contribution in [-0.4, -0.2) is 72.0 Å². The zero-order valence-electron chi connectivity index (χ0n) is 20.4. The molecule has 2 N–H and O–H groups in total. The molecule has 4 rings (SSSR count). The molecule has 2 saturated heterocycles. The van der Waals surface area contributed by atoms with Crippen molar-refractivity contribution in [2.75, 3.05) is 32.7 Å². The van der Waals surface area contributed by atoms with Gasteiger partial charge < -0.3 is 20.4 Å². The van der Waals surface area contributed by atoms with Crippen molar-refractivity contribution in [3.63, 3.8) is 0 Å². The second kappa shape index (κ2) is 10.1. The molecule has 7 nitrogen and oxygen atoms in total. The number of likely N-dealkylation sites (tertiary alicyclic amines) is 2. The van der Waals surface area contributed by atoms with Gasteiger partial charge in [0.15, 0.2) is 0 Å². The number of nitriles is 1. The number of amides is 3. The summed E-state index contributed by atoms with van der Waals surface area (Å²) in [5.74, 6) is -3.94. The van der Waals surface area contributed by atoms with Crippen molar-refractivity contribution in [1.29, 1.82) is 5.26 Å². The summed E-state index contributed by atoms with van der Waals surface area (Å²) in [5.41, 5.74) is -0.296. The molecule has 3 fully saturated rings. The maximum absolute atomic E-state index is 15.0. The number of benzene rings is 1. The fourth-order valence-corrected chi connectivity index (χ4v) is 5.30. The number of nitrogens with one attached hydrogen (secondary N) is 2.